The third kappa shape index (κ3) is 15.7. The van der Waals surface area contributed by atoms with Crippen molar-refractivity contribution in [2.75, 3.05) is 0 Å². The zero-order valence-corrected chi connectivity index (χ0v) is 66.3. The van der Waals surface area contributed by atoms with Crippen molar-refractivity contribution in [1.29, 1.82) is 0 Å². The van der Waals surface area contributed by atoms with Crippen LogP contribution in [0.4, 0.5) is 0 Å². The first-order valence-electron chi connectivity index (χ1n) is 41.1. The molecular weight excluding hydrogens is 1440 g/mol. The lowest BCUT2D eigenvalue weighted by atomic mass is 9.67. The van der Waals surface area contributed by atoms with Gasteiger partial charge in [0.05, 0.1) is 0 Å². The van der Waals surface area contributed by atoms with E-state index in [-0.39, 0.29) is 0 Å². The molecule has 0 nitrogen and oxygen atoms in total. The fourth-order valence-corrected chi connectivity index (χ4v) is 17.0. The van der Waals surface area contributed by atoms with Gasteiger partial charge < -0.3 is 0 Å². The number of hydrogen-bond donors (Lipinski definition) is 0. The molecule has 0 fully saturated rings. The Morgan fingerprint density at radius 3 is 0.325 bits per heavy atom. The molecule has 120 heavy (non-hydrogen) atoms. The molecule has 0 aliphatic carbocycles. The predicted molar refractivity (Wildman–Crippen MR) is 504 cm³/mol. The zero-order chi connectivity index (χ0) is 80.3. The van der Waals surface area contributed by atoms with E-state index in [1.54, 1.807) is 0 Å². The summed E-state index contributed by atoms with van der Waals surface area (Å²) in [5.41, 5.74) is 31.6. The maximum atomic E-state index is 4.34. The van der Waals surface area contributed by atoms with Crippen LogP contribution in [0.1, 0.15) is 44.5 Å². The van der Waals surface area contributed by atoms with Crippen LogP contribution < -0.4 is 0 Å². The van der Waals surface area contributed by atoms with Crippen LogP contribution >= 0.6 is 0 Å². The third-order valence-corrected chi connectivity index (χ3v) is 23.2. The van der Waals surface area contributed by atoms with Gasteiger partial charge in [0.25, 0.3) is 0 Å². The Hall–Kier alpha value is -15.7. The van der Waals surface area contributed by atoms with Crippen molar-refractivity contribution in [2.24, 2.45) is 0 Å². The monoisotopic (exact) mass is 1520 g/mol. The summed E-state index contributed by atoms with van der Waals surface area (Å²) in [6, 6.07) is 181. The fourth-order valence-electron chi connectivity index (χ4n) is 17.0. The van der Waals surface area contributed by atoms with E-state index in [4.69, 9.17) is 0 Å². The van der Waals surface area contributed by atoms with E-state index in [1.807, 2.05) is 0 Å². The summed E-state index contributed by atoms with van der Waals surface area (Å²) in [5, 5.41) is 0. The average molecular weight is 1520 g/mol. The molecule has 0 aliphatic heterocycles. The largest absolute Gasteiger partial charge is 0.107 e. The first kappa shape index (κ1) is 74.4. The van der Waals surface area contributed by atoms with E-state index in [1.165, 1.54) is 0 Å². The van der Waals surface area contributed by atoms with Crippen molar-refractivity contribution in [3.05, 3.63) is 542 Å². The molecule has 19 aromatic carbocycles. The normalized spacial score (nSPS) is 11.2. The Labute approximate surface area is 705 Å². The Kier molecular flexibility index (Phi) is 21.1. The summed E-state index contributed by atoms with van der Waals surface area (Å²) in [6.45, 7) is 0. The van der Waals surface area contributed by atoms with Gasteiger partial charge in [-0.05, 0) is 300 Å². The van der Waals surface area contributed by atoms with Gasteiger partial charge in [-0.25, -0.2) is 0 Å². The molecule has 0 heteroatoms. The highest BCUT2D eigenvalue weighted by Crippen LogP contribution is 2.50. The molecule has 0 saturated carbocycles. The average Bonchev–Trinajstić information content (AvgIpc) is 0.732. The van der Waals surface area contributed by atoms with Gasteiger partial charge in [0.15, 0.2) is 0 Å². The molecule has 0 amide bonds. The lowest BCUT2D eigenvalue weighted by molar-refractivity contribution is 0.811. The molecular formula is C120H82. The minimum absolute atomic E-state index is 0.831. The van der Waals surface area contributed by atoms with E-state index in [9.17, 15) is 0 Å². The third-order valence-electron chi connectivity index (χ3n) is 23.2. The molecule has 19 aromatic rings. The second-order valence-electron chi connectivity index (χ2n) is 30.8. The van der Waals surface area contributed by atoms with E-state index >= 15 is 0 Å². The summed E-state index contributed by atoms with van der Waals surface area (Å²) in [5.74, 6) is 16.8. The second-order valence-corrected chi connectivity index (χ2v) is 30.8. The maximum Gasteiger partial charge on any atom is 0.107 e. The summed E-state index contributed by atoms with van der Waals surface area (Å²) in [7, 11) is 0. The van der Waals surface area contributed by atoms with Crippen molar-refractivity contribution < 1.29 is 0 Å². The highest BCUT2D eigenvalue weighted by Gasteiger charge is 2.40. The van der Waals surface area contributed by atoms with Crippen LogP contribution in [0.15, 0.2) is 497 Å². The lowest BCUT2D eigenvalue weighted by Crippen LogP contribution is -2.28. The van der Waals surface area contributed by atoms with Gasteiger partial charge in [-0.1, -0.05) is 388 Å². The van der Waals surface area contributed by atoms with Gasteiger partial charge in [0.1, 0.15) is 10.8 Å². The van der Waals surface area contributed by atoms with Gasteiger partial charge in [-0.3, -0.25) is 0 Å². The Morgan fingerprint density at radius 1 is 0.108 bits per heavy atom. The molecule has 0 aromatic heterocycles. The van der Waals surface area contributed by atoms with Gasteiger partial charge in [0.2, 0.25) is 0 Å². The molecule has 0 bridgehead atoms. The number of rotatable bonds is 18. The van der Waals surface area contributed by atoms with Crippen molar-refractivity contribution >= 4 is 0 Å². The van der Waals surface area contributed by atoms with Crippen LogP contribution in [-0.2, 0) is 10.8 Å². The Morgan fingerprint density at radius 2 is 0.217 bits per heavy atom. The van der Waals surface area contributed by atoms with Crippen molar-refractivity contribution in [3.8, 4) is 157 Å². The molecule has 0 N–H and O–H groups in total. The van der Waals surface area contributed by atoms with Gasteiger partial charge >= 0.3 is 0 Å². The van der Waals surface area contributed by atoms with Crippen LogP contribution in [0, 0.1) is 23.7 Å². The lowest BCUT2D eigenvalue weighted by Gasteiger charge is -2.34. The molecule has 0 spiro atoms. The predicted octanol–water partition coefficient (Wildman–Crippen LogP) is 30.5. The highest BCUT2D eigenvalue weighted by atomic mass is 14.4. The number of benzene rings is 19. The van der Waals surface area contributed by atoms with E-state index in [2.05, 4.69) is 521 Å². The second kappa shape index (κ2) is 34.0. The number of hydrogen-bond acceptors (Lipinski definition) is 0. The van der Waals surface area contributed by atoms with Crippen molar-refractivity contribution in [3.63, 3.8) is 0 Å². The summed E-state index contributed by atoms with van der Waals surface area (Å²) in [6.07, 6.45) is 0. The Bertz CT molecular complexity index is 5530. The Balaban J connectivity index is 0.904. The van der Waals surface area contributed by atoms with Crippen molar-refractivity contribution in [2.45, 2.75) is 10.8 Å². The van der Waals surface area contributed by atoms with E-state index < -0.39 is 10.8 Å². The molecule has 0 radical (unpaired) electrons. The molecule has 0 saturated heterocycles. The van der Waals surface area contributed by atoms with Crippen LogP contribution in [0.5, 0.6) is 0 Å². The van der Waals surface area contributed by atoms with Gasteiger partial charge in [0, 0.05) is 11.1 Å². The van der Waals surface area contributed by atoms with Gasteiger partial charge in [-0.15, -0.1) is 0 Å². The SMILES string of the molecule is C(#CC(c1cc(-c2ccccc2)cc(-c2ccccc2)c1)(c1cc(-c2ccccc2)cc(-c2ccccc2)c1)c1cc(-c2ccccc2)cc(-c2ccccc2)c1)c1ccc(C#CC(c2cc(-c3ccccc3)cc(-c3ccccc3)c2)(c2cc(-c3ccccc3)cc(-c3ccccc3)c2)c2cc(-c3ccccc3)cc(-c3ccccc3)c2)cc1. The fraction of sp³-hybridized carbons (Fsp3) is 0.0167. The minimum atomic E-state index is -1.21. The van der Waals surface area contributed by atoms with Crippen LogP contribution in [-0.4, -0.2) is 0 Å². The first-order valence-corrected chi connectivity index (χ1v) is 41.1. The maximum absolute atomic E-state index is 4.34. The topological polar surface area (TPSA) is 0 Å². The molecule has 19 rings (SSSR count). The van der Waals surface area contributed by atoms with E-state index in [0.29, 0.717) is 0 Å². The van der Waals surface area contributed by atoms with Crippen LogP contribution in [0.25, 0.3) is 134 Å². The highest BCUT2D eigenvalue weighted by molar-refractivity contribution is 5.87. The van der Waals surface area contributed by atoms with Crippen molar-refractivity contribution in [1.82, 2.24) is 0 Å². The summed E-state index contributed by atoms with van der Waals surface area (Å²) < 4.78 is 0. The molecule has 562 valence electrons. The molecule has 0 aliphatic rings. The molecule has 0 heterocycles. The minimum Gasteiger partial charge on any atom is -0.0765 e. The first-order chi connectivity index (χ1) is 59.4. The summed E-state index contributed by atoms with van der Waals surface area (Å²) >= 11 is 0. The summed E-state index contributed by atoms with van der Waals surface area (Å²) in [4.78, 5) is 0. The standard InChI is InChI=1S/C120H82/c1-13-37-89(38-14-1)101-69-102(90-39-15-2-16-40-90)76-113(75-101)119(114-77-103(91-41-17-3-18-42-91)70-104(78-114)92-43-19-4-20-44-92,115-79-105(93-45-21-5-22-46-93)71-106(80-115)94-47-23-6-24-48-94)67-65-87-61-63-88(64-62-87)66-68-120(116-81-107(95-49-25-7-26-50-95)72-108(82-116)96-51-27-8-28-52-96,117-83-109(97-53-29-9-30-54-97)73-110(84-117)98-55-31-10-32-56-98)118-85-111(99-57-33-11-34-58-99)74-112(86-118)100-59-35-12-36-60-100/h1-64,69-86H. The quantitative estimate of drug-likeness (QED) is 0.0593. The van der Waals surface area contributed by atoms with Crippen LogP contribution in [0.2, 0.25) is 0 Å². The molecule has 0 unspecified atom stereocenters. The zero-order valence-electron chi connectivity index (χ0n) is 66.3. The smallest absolute Gasteiger partial charge is 0.0765 e. The van der Waals surface area contributed by atoms with E-state index in [0.717, 1.165) is 178 Å². The van der Waals surface area contributed by atoms with Gasteiger partial charge in [-0.2, -0.15) is 0 Å². The van der Waals surface area contributed by atoms with Crippen LogP contribution in [0.3, 0.4) is 0 Å². The molecule has 0 atom stereocenters.